The number of hydrogen-bond donors (Lipinski definition) is 2. The summed E-state index contributed by atoms with van der Waals surface area (Å²) >= 11 is 1.21. The van der Waals surface area contributed by atoms with Crippen molar-refractivity contribution in [3.63, 3.8) is 0 Å². The van der Waals surface area contributed by atoms with Gasteiger partial charge in [-0.2, -0.15) is 0 Å². The summed E-state index contributed by atoms with van der Waals surface area (Å²) in [5.74, 6) is 1.38. The third kappa shape index (κ3) is 42.0. The molecule has 93 heavy (non-hydrogen) atoms. The van der Waals surface area contributed by atoms with E-state index >= 15 is 0 Å². The maximum atomic E-state index is 13.5. The van der Waals surface area contributed by atoms with Gasteiger partial charge in [-0.1, -0.05) is 25.1 Å². The first kappa shape index (κ1) is 81.8. The van der Waals surface area contributed by atoms with E-state index in [9.17, 15) is 9.59 Å². The second kappa shape index (κ2) is 58.5. The molecular weight excluding hydrogens is 1230 g/mol. The third-order valence-electron chi connectivity index (χ3n) is 14.1. The molecule has 29 heteroatoms. The lowest BCUT2D eigenvalue weighted by molar-refractivity contribution is -0.134. The molecule has 0 bridgehead atoms. The van der Waals surface area contributed by atoms with Crippen LogP contribution in [0.4, 0.5) is 11.5 Å². The largest absolute Gasteiger partial charge is 0.382 e. The molecule has 536 valence electrons. The van der Waals surface area contributed by atoms with E-state index in [2.05, 4.69) is 38.8 Å². The molecule has 1 aliphatic heterocycles. The van der Waals surface area contributed by atoms with Crippen molar-refractivity contribution in [1.29, 1.82) is 0 Å². The highest BCUT2D eigenvalue weighted by atomic mass is 32.2. The maximum absolute atomic E-state index is 13.5. The minimum Gasteiger partial charge on any atom is -0.382 e. The van der Waals surface area contributed by atoms with Gasteiger partial charge in [-0.05, 0) is 30.9 Å². The molecule has 28 nitrogen and oxygen atoms in total. The van der Waals surface area contributed by atoms with Gasteiger partial charge in [0.05, 0.1) is 256 Å². The Bertz CT molecular complexity index is 2240. The molecule has 0 saturated carbocycles. The fourth-order valence-electron chi connectivity index (χ4n) is 8.92. The van der Waals surface area contributed by atoms with E-state index in [1.165, 1.54) is 11.8 Å². The topological polar surface area (TPSA) is 287 Å². The lowest BCUT2D eigenvalue weighted by Gasteiger charge is -2.36. The van der Waals surface area contributed by atoms with Gasteiger partial charge in [-0.3, -0.25) is 14.5 Å². The number of nitrogens with zero attached hydrogens (tertiary/aromatic N) is 5. The number of fused-ring (bicyclic) bond motifs is 3. The van der Waals surface area contributed by atoms with Crippen molar-refractivity contribution in [3.8, 4) is 0 Å². The first-order valence-electron chi connectivity index (χ1n) is 33.2. The molecule has 3 aromatic rings. The number of benzene rings is 1. The smallest absolute Gasteiger partial charge is 0.225 e. The molecule has 1 aliphatic rings. The second-order valence-electron chi connectivity index (χ2n) is 21.0. The Balaban J connectivity index is 0.997. The number of carbonyl (C=O) groups is 2. The monoisotopic (exact) mass is 1350 g/mol. The standard InChI is InChI=1S/C64H113N7O21S/c1-4-5-6-59-67-62-57-55-56(7-8-58(57)66-64(65)63(62)68-59)70-13-11-69(12-14-70)15-20-77-21-16-71(17-22-78-27-30-82-35-38-86-43-46-90-51-49-89-45-42-85-37-34-81-29-26-76-19-10-61(73)93-3)60(72)9-18-75-25-28-80-33-36-84-41-44-88-50-52-92-54-53-91-48-47-87-40-39-83-32-31-79-24-23-74-2/h7-8,55H,4-6,9-54H2,1-3H3,(H2,65,66)(H,67,68). The van der Waals surface area contributed by atoms with Crippen LogP contribution < -0.4 is 10.6 Å². The van der Waals surface area contributed by atoms with E-state index in [0.717, 1.165) is 85.4 Å². The number of anilines is 2. The van der Waals surface area contributed by atoms with Gasteiger partial charge in [0.25, 0.3) is 0 Å². The number of nitrogen functional groups attached to an aromatic ring is 1. The number of aryl methyl sites for hydroxylation is 1. The summed E-state index contributed by atoms with van der Waals surface area (Å²) in [5.41, 5.74) is 10.0. The predicted octanol–water partition coefficient (Wildman–Crippen LogP) is 3.60. The number of H-pyrrole nitrogens is 1. The Kier molecular flexibility index (Phi) is 51.5. The number of aromatic nitrogens is 3. The molecular formula is C64H113N7O21S. The van der Waals surface area contributed by atoms with Crippen LogP contribution in [0.3, 0.4) is 0 Å². The van der Waals surface area contributed by atoms with Crippen LogP contribution in [0.5, 0.6) is 0 Å². The van der Waals surface area contributed by atoms with Crippen LogP contribution in [0.15, 0.2) is 18.2 Å². The van der Waals surface area contributed by atoms with Crippen molar-refractivity contribution in [1.82, 2.24) is 24.8 Å². The van der Waals surface area contributed by atoms with E-state index in [1.54, 1.807) is 18.3 Å². The molecule has 0 atom stereocenters. The van der Waals surface area contributed by atoms with E-state index in [1.807, 2.05) is 6.07 Å². The molecule has 0 spiro atoms. The number of amides is 1. The zero-order chi connectivity index (χ0) is 66.0. The van der Waals surface area contributed by atoms with Crippen LogP contribution in [-0.2, 0) is 106 Å². The van der Waals surface area contributed by atoms with Gasteiger partial charge < -0.3 is 111 Å². The SMILES string of the molecule is CCCCc1nc2c([nH]1)c(N)nc1ccc(N3CCN(CCOCCN(CCOCCOCCOCCOCCOCCOCCOCCOCCC(=O)SC)C(=O)CCOCCOCCOCCOCCOCCOCCOCCOCCOCCOC)CC3)cc12. The number of thioether (sulfide) groups is 1. The number of pyridine rings is 1. The molecule has 0 radical (unpaired) electrons. The Labute approximate surface area is 555 Å². The molecule has 0 unspecified atom stereocenters. The Morgan fingerprint density at radius 1 is 0.495 bits per heavy atom. The van der Waals surface area contributed by atoms with Crippen molar-refractivity contribution in [2.45, 2.75) is 39.0 Å². The molecule has 1 fully saturated rings. The first-order chi connectivity index (χ1) is 45.9. The number of hydrogen-bond acceptors (Lipinski definition) is 27. The van der Waals surface area contributed by atoms with Crippen molar-refractivity contribution < 1.29 is 99.6 Å². The number of carbonyl (C=O) groups excluding carboxylic acids is 2. The highest BCUT2D eigenvalue weighted by molar-refractivity contribution is 8.13. The van der Waals surface area contributed by atoms with Crippen LogP contribution >= 0.6 is 11.8 Å². The van der Waals surface area contributed by atoms with Crippen LogP contribution in [0, 0.1) is 0 Å². The summed E-state index contributed by atoms with van der Waals surface area (Å²) in [6.45, 7) is 24.2. The Hall–Kier alpha value is -3.61. The van der Waals surface area contributed by atoms with Crippen molar-refractivity contribution in [3.05, 3.63) is 24.0 Å². The van der Waals surface area contributed by atoms with E-state index < -0.39 is 0 Å². The normalized spacial score (nSPS) is 13.0. The zero-order valence-corrected chi connectivity index (χ0v) is 57.0. The van der Waals surface area contributed by atoms with Gasteiger partial charge in [0.15, 0.2) is 5.12 Å². The van der Waals surface area contributed by atoms with Gasteiger partial charge in [0, 0.05) is 76.8 Å². The average molecular weight is 1350 g/mol. The van der Waals surface area contributed by atoms with Gasteiger partial charge in [-0.25, -0.2) is 9.97 Å². The lowest BCUT2D eigenvalue weighted by Crippen LogP contribution is -2.47. The third-order valence-corrected chi connectivity index (χ3v) is 14.7. The van der Waals surface area contributed by atoms with Crippen LogP contribution in [0.2, 0.25) is 0 Å². The first-order valence-corrected chi connectivity index (χ1v) is 34.4. The second-order valence-corrected chi connectivity index (χ2v) is 21.9. The number of methoxy groups -OCH3 is 1. The number of unbranched alkanes of at least 4 members (excludes halogenated alkanes) is 1. The number of rotatable bonds is 67. The van der Waals surface area contributed by atoms with E-state index in [4.69, 9.17) is 101 Å². The van der Waals surface area contributed by atoms with E-state index in [0.29, 0.717) is 263 Å². The van der Waals surface area contributed by atoms with E-state index in [-0.39, 0.29) is 24.1 Å². The average Bonchev–Trinajstić information content (AvgIpc) is 1.72. The van der Waals surface area contributed by atoms with Crippen molar-refractivity contribution in [2.24, 2.45) is 0 Å². The summed E-state index contributed by atoms with van der Waals surface area (Å²) in [6.07, 6.45) is 5.43. The molecule has 3 heterocycles. The number of nitrogens with two attached hydrogens (primary N) is 1. The molecule has 1 amide bonds. The Morgan fingerprint density at radius 2 is 0.871 bits per heavy atom. The number of piperazine rings is 1. The zero-order valence-electron chi connectivity index (χ0n) is 56.2. The van der Waals surface area contributed by atoms with Crippen LogP contribution in [-0.4, -0.2) is 339 Å². The maximum Gasteiger partial charge on any atom is 0.225 e. The van der Waals surface area contributed by atoms with Crippen LogP contribution in [0.1, 0.15) is 38.4 Å². The molecule has 4 rings (SSSR count). The summed E-state index contributed by atoms with van der Waals surface area (Å²) in [7, 11) is 1.64. The molecule has 1 saturated heterocycles. The minimum atomic E-state index is -0.0366. The number of nitrogens with one attached hydrogen (secondary N) is 1. The lowest BCUT2D eigenvalue weighted by atomic mass is 10.1. The van der Waals surface area contributed by atoms with Crippen LogP contribution in [0.25, 0.3) is 21.9 Å². The fourth-order valence-corrected chi connectivity index (χ4v) is 9.20. The molecule has 2 aromatic heterocycles. The summed E-state index contributed by atoms with van der Waals surface area (Å²) in [5, 5.41) is 1.13. The van der Waals surface area contributed by atoms with Crippen molar-refractivity contribution in [2.75, 3.05) is 314 Å². The quantitative estimate of drug-likeness (QED) is 0.0763. The Morgan fingerprint density at radius 3 is 1.27 bits per heavy atom. The van der Waals surface area contributed by atoms with Gasteiger partial charge in [0.1, 0.15) is 22.7 Å². The highest BCUT2D eigenvalue weighted by Crippen LogP contribution is 2.30. The van der Waals surface area contributed by atoms with Gasteiger partial charge >= 0.3 is 0 Å². The highest BCUT2D eigenvalue weighted by Gasteiger charge is 2.20. The number of aromatic amines is 1. The molecule has 0 aliphatic carbocycles. The number of imidazole rings is 1. The fraction of sp³-hybridized carbons (Fsp3) is 0.812. The number of ether oxygens (including phenoxy) is 19. The molecule has 3 N–H and O–H groups in total. The van der Waals surface area contributed by atoms with Crippen molar-refractivity contribution >= 4 is 56.2 Å². The minimum absolute atomic E-state index is 0.0366. The van der Waals surface area contributed by atoms with Gasteiger partial charge in [0.2, 0.25) is 5.91 Å². The predicted molar refractivity (Wildman–Crippen MR) is 354 cm³/mol. The van der Waals surface area contributed by atoms with Gasteiger partial charge in [-0.15, -0.1) is 0 Å². The summed E-state index contributed by atoms with van der Waals surface area (Å²) in [4.78, 5) is 44.3. The summed E-state index contributed by atoms with van der Waals surface area (Å²) in [6, 6.07) is 6.36. The molecule has 1 aromatic carbocycles. The summed E-state index contributed by atoms with van der Waals surface area (Å²) < 4.78 is 106.